The minimum atomic E-state index is -4.13. The van der Waals surface area contributed by atoms with Crippen LogP contribution in [0.4, 0.5) is 14.5 Å². The van der Waals surface area contributed by atoms with E-state index in [9.17, 15) is 17.2 Å². The molecule has 5 nitrogen and oxygen atoms in total. The predicted molar refractivity (Wildman–Crippen MR) is 83.8 cm³/mol. The molecule has 0 saturated carbocycles. The van der Waals surface area contributed by atoms with Gasteiger partial charge >= 0.3 is 0 Å². The number of aromatic amines is 1. The van der Waals surface area contributed by atoms with Crippen molar-refractivity contribution in [3.63, 3.8) is 0 Å². The van der Waals surface area contributed by atoms with Gasteiger partial charge in [0, 0.05) is 12.3 Å². The summed E-state index contributed by atoms with van der Waals surface area (Å²) >= 11 is 9.50. The summed E-state index contributed by atoms with van der Waals surface area (Å²) in [5, 5.41) is 0. The lowest BCUT2D eigenvalue weighted by Crippen LogP contribution is -2.13. The molecule has 0 unspecified atom stereocenters. The van der Waals surface area contributed by atoms with Crippen molar-refractivity contribution >= 4 is 64.9 Å². The number of nitrogens with one attached hydrogen (secondary N) is 2. The second kappa shape index (κ2) is 5.44. The lowest BCUT2D eigenvalue weighted by molar-refractivity contribution is 0.592. The third-order valence-electron chi connectivity index (χ3n) is 2.71. The summed E-state index contributed by atoms with van der Waals surface area (Å²) in [6.45, 7) is 0. The van der Waals surface area contributed by atoms with E-state index >= 15 is 0 Å². The maximum absolute atomic E-state index is 13.8. The van der Waals surface area contributed by atoms with Crippen molar-refractivity contribution < 1.29 is 17.2 Å². The van der Waals surface area contributed by atoms with Crippen LogP contribution < -0.4 is 4.72 Å². The molecule has 22 heavy (non-hydrogen) atoms. The second-order valence-electron chi connectivity index (χ2n) is 4.15. The fourth-order valence-corrected chi connectivity index (χ4v) is 4.62. The smallest absolute Gasteiger partial charge is 0.265 e. The zero-order valence-corrected chi connectivity index (χ0v) is 14.3. The minimum absolute atomic E-state index is 0.105. The van der Waals surface area contributed by atoms with Gasteiger partial charge in [0.15, 0.2) is 10.1 Å². The molecule has 2 aromatic heterocycles. The molecule has 0 saturated heterocycles. The van der Waals surface area contributed by atoms with Gasteiger partial charge in [0.05, 0.1) is 14.9 Å². The van der Waals surface area contributed by atoms with E-state index in [1.807, 2.05) is 4.72 Å². The fourth-order valence-electron chi connectivity index (χ4n) is 1.76. The van der Waals surface area contributed by atoms with Gasteiger partial charge in [-0.15, -0.1) is 0 Å². The Hall–Kier alpha value is -1.23. The van der Waals surface area contributed by atoms with Gasteiger partial charge in [-0.2, -0.15) is 0 Å². The van der Waals surface area contributed by atoms with E-state index in [2.05, 4.69) is 25.9 Å². The summed E-state index contributed by atoms with van der Waals surface area (Å²) in [6.07, 6.45) is 1.21. The number of H-pyrrole nitrogens is 1. The molecule has 0 amide bonds. The Morgan fingerprint density at radius 3 is 2.77 bits per heavy atom. The van der Waals surface area contributed by atoms with Gasteiger partial charge in [0.2, 0.25) is 0 Å². The van der Waals surface area contributed by atoms with Gasteiger partial charge in [-0.05, 0) is 22.0 Å². The van der Waals surface area contributed by atoms with Crippen LogP contribution in [0.25, 0.3) is 10.3 Å². The van der Waals surface area contributed by atoms with Crippen LogP contribution in [-0.2, 0) is 10.0 Å². The Kier molecular flexibility index (Phi) is 3.87. The minimum Gasteiger partial charge on any atom is -0.344 e. The predicted octanol–water partition coefficient (Wildman–Crippen LogP) is 4.12. The maximum atomic E-state index is 13.8. The molecule has 3 aromatic rings. The van der Waals surface area contributed by atoms with E-state index in [1.54, 1.807) is 0 Å². The van der Waals surface area contributed by atoms with Gasteiger partial charge in [-0.3, -0.25) is 4.72 Å². The van der Waals surface area contributed by atoms with Crippen molar-refractivity contribution in [2.45, 2.75) is 4.90 Å². The number of rotatable bonds is 3. The van der Waals surface area contributed by atoms with Crippen LogP contribution in [0.3, 0.4) is 0 Å². The van der Waals surface area contributed by atoms with Crippen molar-refractivity contribution in [3.05, 3.63) is 38.9 Å². The molecule has 11 heteroatoms. The summed E-state index contributed by atoms with van der Waals surface area (Å²) in [6, 6.07) is 1.59. The molecule has 0 aliphatic heterocycles. The molecule has 0 radical (unpaired) electrons. The number of nitrogens with zero attached hydrogens (tertiary/aromatic N) is 1. The number of sulfonamides is 1. The maximum Gasteiger partial charge on any atom is 0.265 e. The monoisotopic (exact) mass is 427 g/mol. The third-order valence-corrected chi connectivity index (χ3v) is 6.03. The van der Waals surface area contributed by atoms with Crippen molar-refractivity contribution in [1.29, 1.82) is 0 Å². The van der Waals surface area contributed by atoms with Crippen LogP contribution in [-0.4, -0.2) is 18.4 Å². The molecular weight excluding hydrogens is 424 g/mol. The van der Waals surface area contributed by atoms with E-state index in [1.165, 1.54) is 6.20 Å². The lowest BCUT2D eigenvalue weighted by Gasteiger charge is -2.08. The summed E-state index contributed by atoms with van der Waals surface area (Å²) in [5.41, 5.74) is -0.191. The molecule has 0 spiro atoms. The highest BCUT2D eigenvalue weighted by Crippen LogP contribution is 2.32. The molecule has 2 N–H and O–H groups in total. The van der Waals surface area contributed by atoms with Gasteiger partial charge in [0.1, 0.15) is 16.5 Å². The summed E-state index contributed by atoms with van der Waals surface area (Å²) in [7, 11) is -4.13. The Bertz CT molecular complexity index is 987. The first kappa shape index (κ1) is 15.7. The normalized spacial score (nSPS) is 12.0. The first-order valence-electron chi connectivity index (χ1n) is 5.59. The summed E-state index contributed by atoms with van der Waals surface area (Å²) in [4.78, 5) is 6.41. The van der Waals surface area contributed by atoms with Gasteiger partial charge in [-0.25, -0.2) is 22.2 Å². The molecule has 1 aromatic carbocycles. The van der Waals surface area contributed by atoms with Crippen LogP contribution in [0.15, 0.2) is 27.7 Å². The molecule has 0 bridgehead atoms. The number of aromatic nitrogens is 2. The summed E-state index contributed by atoms with van der Waals surface area (Å²) in [5.74, 6) is -1.70. The van der Waals surface area contributed by atoms with Crippen molar-refractivity contribution in [2.24, 2.45) is 0 Å². The average Bonchev–Trinajstić information content (AvgIpc) is 2.94. The fraction of sp³-hybridized carbons (Fsp3) is 0. The average molecular weight is 429 g/mol. The van der Waals surface area contributed by atoms with Crippen LogP contribution in [0.1, 0.15) is 0 Å². The largest absolute Gasteiger partial charge is 0.344 e. The van der Waals surface area contributed by atoms with Crippen molar-refractivity contribution in [2.75, 3.05) is 4.72 Å². The molecular formula is C11H5BrClF2N3O2S2. The van der Waals surface area contributed by atoms with Crippen LogP contribution in [0, 0.1) is 11.6 Å². The Balaban J connectivity index is 2.05. The SMILES string of the molecule is O=S(=O)(Nc1cc(F)c(Br)cc1F)c1c[nH]c2nc(Cl)sc12. The zero-order valence-electron chi connectivity index (χ0n) is 10.3. The highest BCUT2D eigenvalue weighted by Gasteiger charge is 2.23. The number of hydrogen-bond acceptors (Lipinski definition) is 4. The van der Waals surface area contributed by atoms with Crippen molar-refractivity contribution in [1.82, 2.24) is 9.97 Å². The first-order valence-corrected chi connectivity index (χ1v) is 9.06. The highest BCUT2D eigenvalue weighted by atomic mass is 79.9. The van der Waals surface area contributed by atoms with E-state index in [4.69, 9.17) is 11.6 Å². The highest BCUT2D eigenvalue weighted by molar-refractivity contribution is 9.10. The number of hydrogen-bond donors (Lipinski definition) is 2. The van der Waals surface area contributed by atoms with Gasteiger partial charge < -0.3 is 4.98 Å². The molecule has 116 valence electrons. The number of thiazole rings is 1. The molecule has 2 heterocycles. The Morgan fingerprint density at radius 2 is 2.05 bits per heavy atom. The van der Waals surface area contributed by atoms with Crippen molar-refractivity contribution in [3.8, 4) is 0 Å². The number of halogens is 4. The molecule has 3 rings (SSSR count). The summed E-state index contributed by atoms with van der Waals surface area (Å²) < 4.78 is 54.3. The number of benzene rings is 1. The lowest BCUT2D eigenvalue weighted by atomic mass is 10.3. The second-order valence-corrected chi connectivity index (χ2v) is 8.24. The van der Waals surface area contributed by atoms with E-state index in [-0.39, 0.29) is 13.8 Å². The number of anilines is 1. The molecule has 0 atom stereocenters. The zero-order chi connectivity index (χ0) is 16.1. The van der Waals surface area contributed by atoms with Crippen LogP contribution >= 0.6 is 38.9 Å². The third kappa shape index (κ3) is 2.71. The van der Waals surface area contributed by atoms with Crippen LogP contribution in [0.5, 0.6) is 0 Å². The first-order chi connectivity index (χ1) is 10.3. The Labute approximate surface area is 140 Å². The van der Waals surface area contributed by atoms with E-state index < -0.39 is 27.3 Å². The van der Waals surface area contributed by atoms with Gasteiger partial charge in [0.25, 0.3) is 10.0 Å². The Morgan fingerprint density at radius 1 is 1.32 bits per heavy atom. The van der Waals surface area contributed by atoms with Gasteiger partial charge in [-0.1, -0.05) is 22.9 Å². The molecule has 0 aliphatic rings. The topological polar surface area (TPSA) is 74.8 Å². The molecule has 0 aliphatic carbocycles. The molecule has 0 fully saturated rings. The van der Waals surface area contributed by atoms with Crippen LogP contribution in [0.2, 0.25) is 4.47 Å². The van der Waals surface area contributed by atoms with E-state index in [0.717, 1.165) is 23.5 Å². The van der Waals surface area contributed by atoms with E-state index in [0.29, 0.717) is 10.3 Å². The quantitative estimate of drug-likeness (QED) is 0.616. The number of fused-ring (bicyclic) bond motifs is 1. The standard InChI is InChI=1S/C11H5BrClF2N3O2S2/c12-4-1-6(15)7(2-5(4)14)18-22(19,20)8-3-16-10-9(8)21-11(13)17-10/h1-3,16,18H.